The van der Waals surface area contributed by atoms with Crippen molar-refractivity contribution < 1.29 is 19.1 Å². The first-order valence-electron chi connectivity index (χ1n) is 4.92. The smallest absolute Gasteiger partial charge is 0.350 e. The lowest BCUT2D eigenvalue weighted by molar-refractivity contribution is 0.0483. The van der Waals surface area contributed by atoms with E-state index in [9.17, 15) is 9.59 Å². The van der Waals surface area contributed by atoms with E-state index < -0.39 is 11.9 Å². The standard InChI is InChI=1S/C10H13NO4S/c1-4-14-9(12)7-6(3)11-16-8(7)10(13)15-5-2/h4-5H2,1-3H3. The number of ether oxygens (including phenoxy) is 2. The first kappa shape index (κ1) is 12.6. The second kappa shape index (κ2) is 5.60. The van der Waals surface area contributed by atoms with Crippen molar-refractivity contribution in [2.24, 2.45) is 0 Å². The van der Waals surface area contributed by atoms with Gasteiger partial charge in [0.25, 0.3) is 0 Å². The second-order valence-electron chi connectivity index (χ2n) is 2.91. The van der Waals surface area contributed by atoms with Crippen LogP contribution in [-0.4, -0.2) is 29.5 Å². The van der Waals surface area contributed by atoms with Crippen LogP contribution in [0.5, 0.6) is 0 Å². The summed E-state index contributed by atoms with van der Waals surface area (Å²) in [4.78, 5) is 23.3. The maximum Gasteiger partial charge on any atom is 0.350 e. The average Bonchev–Trinajstić information content (AvgIpc) is 2.61. The molecule has 0 bridgehead atoms. The number of hydrogen-bond acceptors (Lipinski definition) is 6. The third-order valence-corrected chi connectivity index (χ3v) is 2.72. The molecular weight excluding hydrogens is 230 g/mol. The molecular formula is C10H13NO4S. The van der Waals surface area contributed by atoms with Gasteiger partial charge in [0.2, 0.25) is 0 Å². The van der Waals surface area contributed by atoms with Crippen LogP contribution in [-0.2, 0) is 9.47 Å². The van der Waals surface area contributed by atoms with Gasteiger partial charge < -0.3 is 9.47 Å². The number of hydrogen-bond donors (Lipinski definition) is 0. The van der Waals surface area contributed by atoms with Gasteiger partial charge in [-0.25, -0.2) is 9.59 Å². The molecule has 0 aliphatic carbocycles. The molecule has 88 valence electrons. The van der Waals surface area contributed by atoms with Crippen molar-refractivity contribution in [3.8, 4) is 0 Å². The third-order valence-electron chi connectivity index (χ3n) is 1.80. The predicted octanol–water partition coefficient (Wildman–Crippen LogP) is 1.80. The van der Waals surface area contributed by atoms with Crippen molar-refractivity contribution >= 4 is 23.5 Å². The molecule has 0 aliphatic rings. The van der Waals surface area contributed by atoms with Crippen LogP contribution in [0.4, 0.5) is 0 Å². The lowest BCUT2D eigenvalue weighted by Crippen LogP contribution is -2.12. The quantitative estimate of drug-likeness (QED) is 0.754. The minimum absolute atomic E-state index is 0.206. The van der Waals surface area contributed by atoms with Gasteiger partial charge in [-0.2, -0.15) is 4.37 Å². The van der Waals surface area contributed by atoms with Gasteiger partial charge in [-0.05, 0) is 32.3 Å². The molecule has 0 atom stereocenters. The zero-order valence-corrected chi connectivity index (χ0v) is 10.2. The molecule has 6 heteroatoms. The van der Waals surface area contributed by atoms with Gasteiger partial charge >= 0.3 is 11.9 Å². The zero-order valence-electron chi connectivity index (χ0n) is 9.40. The van der Waals surface area contributed by atoms with Gasteiger partial charge in [-0.15, -0.1) is 0 Å². The molecule has 0 saturated heterocycles. The molecule has 1 aromatic heterocycles. The summed E-state index contributed by atoms with van der Waals surface area (Å²) in [5.41, 5.74) is 0.705. The third kappa shape index (κ3) is 2.57. The van der Waals surface area contributed by atoms with Crippen molar-refractivity contribution in [1.29, 1.82) is 0 Å². The van der Waals surface area contributed by atoms with Gasteiger partial charge in [0.15, 0.2) is 0 Å². The minimum Gasteiger partial charge on any atom is -0.462 e. The Labute approximate surface area is 97.5 Å². The van der Waals surface area contributed by atoms with E-state index in [0.29, 0.717) is 5.69 Å². The summed E-state index contributed by atoms with van der Waals surface area (Å²) in [7, 11) is 0. The van der Waals surface area contributed by atoms with Crippen LogP contribution < -0.4 is 0 Å². The van der Waals surface area contributed by atoms with Crippen molar-refractivity contribution in [3.63, 3.8) is 0 Å². The Kier molecular flexibility index (Phi) is 4.42. The number of aromatic nitrogens is 1. The highest BCUT2D eigenvalue weighted by atomic mass is 32.1. The van der Waals surface area contributed by atoms with Gasteiger partial charge in [0, 0.05) is 0 Å². The van der Waals surface area contributed by atoms with Crippen LogP contribution in [0.2, 0.25) is 0 Å². The van der Waals surface area contributed by atoms with Crippen LogP contribution in [0.15, 0.2) is 0 Å². The molecule has 0 radical (unpaired) electrons. The number of aryl methyl sites for hydroxylation is 1. The Morgan fingerprint density at radius 2 is 1.75 bits per heavy atom. The molecule has 5 nitrogen and oxygen atoms in total. The molecule has 0 spiro atoms. The Balaban J connectivity index is 3.02. The fourth-order valence-electron chi connectivity index (χ4n) is 1.15. The highest BCUT2D eigenvalue weighted by molar-refractivity contribution is 7.08. The average molecular weight is 243 g/mol. The summed E-state index contributed by atoms with van der Waals surface area (Å²) in [6.45, 7) is 5.59. The van der Waals surface area contributed by atoms with Gasteiger partial charge in [-0.3, -0.25) is 0 Å². The minimum atomic E-state index is -0.531. The lowest BCUT2D eigenvalue weighted by Gasteiger charge is -2.03. The summed E-state index contributed by atoms with van der Waals surface area (Å²) in [5, 5.41) is 0. The number of rotatable bonds is 4. The predicted molar refractivity (Wildman–Crippen MR) is 58.8 cm³/mol. The summed E-state index contributed by atoms with van der Waals surface area (Å²) < 4.78 is 13.7. The van der Waals surface area contributed by atoms with E-state index in [1.165, 1.54) is 0 Å². The van der Waals surface area contributed by atoms with E-state index >= 15 is 0 Å². The first-order chi connectivity index (χ1) is 7.61. The largest absolute Gasteiger partial charge is 0.462 e. The van der Waals surface area contributed by atoms with E-state index in [1.807, 2.05) is 0 Å². The van der Waals surface area contributed by atoms with Gasteiger partial charge in [-0.1, -0.05) is 0 Å². The molecule has 0 unspecified atom stereocenters. The molecule has 1 rings (SSSR count). The highest BCUT2D eigenvalue weighted by Crippen LogP contribution is 2.20. The van der Waals surface area contributed by atoms with Crippen LogP contribution >= 0.6 is 11.5 Å². The van der Waals surface area contributed by atoms with E-state index in [4.69, 9.17) is 9.47 Å². The summed E-state index contributed by atoms with van der Waals surface area (Å²) in [6.07, 6.45) is 0. The second-order valence-corrected chi connectivity index (χ2v) is 3.69. The SMILES string of the molecule is CCOC(=O)c1snc(C)c1C(=O)OCC. The first-order valence-corrected chi connectivity index (χ1v) is 5.69. The number of nitrogens with zero attached hydrogens (tertiary/aromatic N) is 1. The van der Waals surface area contributed by atoms with Crippen LogP contribution in [0, 0.1) is 6.92 Å². The summed E-state index contributed by atoms with van der Waals surface area (Å²) in [6, 6.07) is 0. The Morgan fingerprint density at radius 1 is 1.19 bits per heavy atom. The summed E-state index contributed by atoms with van der Waals surface area (Å²) >= 11 is 0.953. The van der Waals surface area contributed by atoms with Crippen molar-refractivity contribution in [2.45, 2.75) is 20.8 Å². The molecule has 0 saturated carbocycles. The summed E-state index contributed by atoms with van der Waals surface area (Å²) in [5.74, 6) is -1.06. The molecule has 0 aromatic carbocycles. The van der Waals surface area contributed by atoms with Crippen LogP contribution in [0.3, 0.4) is 0 Å². The molecule has 0 fully saturated rings. The normalized spacial score (nSPS) is 9.94. The Bertz CT molecular complexity index is 400. The maximum absolute atomic E-state index is 11.6. The number of esters is 2. The number of carbonyl (C=O) groups excluding carboxylic acids is 2. The maximum atomic E-state index is 11.6. The van der Waals surface area contributed by atoms with Crippen LogP contribution in [0.1, 0.15) is 39.6 Å². The molecule has 1 heterocycles. The van der Waals surface area contributed by atoms with E-state index in [2.05, 4.69) is 4.37 Å². The Morgan fingerprint density at radius 3 is 2.31 bits per heavy atom. The molecule has 0 aliphatic heterocycles. The lowest BCUT2D eigenvalue weighted by atomic mass is 10.2. The van der Waals surface area contributed by atoms with Crippen molar-refractivity contribution in [2.75, 3.05) is 13.2 Å². The van der Waals surface area contributed by atoms with Crippen LogP contribution in [0.25, 0.3) is 0 Å². The molecule has 0 amide bonds. The van der Waals surface area contributed by atoms with Gasteiger partial charge in [0.05, 0.1) is 18.9 Å². The van der Waals surface area contributed by atoms with E-state index in [-0.39, 0.29) is 23.7 Å². The highest BCUT2D eigenvalue weighted by Gasteiger charge is 2.25. The molecule has 0 N–H and O–H groups in total. The fourth-order valence-corrected chi connectivity index (χ4v) is 1.92. The van der Waals surface area contributed by atoms with Gasteiger partial charge in [0.1, 0.15) is 10.4 Å². The zero-order chi connectivity index (χ0) is 12.1. The van der Waals surface area contributed by atoms with E-state index in [1.54, 1.807) is 20.8 Å². The van der Waals surface area contributed by atoms with Crippen molar-refractivity contribution in [1.82, 2.24) is 4.37 Å². The van der Waals surface area contributed by atoms with E-state index in [0.717, 1.165) is 11.5 Å². The Hall–Kier alpha value is -1.43. The number of carbonyl (C=O) groups is 2. The topological polar surface area (TPSA) is 65.5 Å². The van der Waals surface area contributed by atoms with Crippen molar-refractivity contribution in [3.05, 3.63) is 16.1 Å². The molecule has 16 heavy (non-hydrogen) atoms. The fraction of sp³-hybridized carbons (Fsp3) is 0.500. The molecule has 1 aromatic rings. The monoisotopic (exact) mass is 243 g/mol.